The molecular weight excluding hydrogens is 1110 g/mol. The van der Waals surface area contributed by atoms with Gasteiger partial charge in [-0.3, -0.25) is 29.3 Å². The molecule has 10 aromatic rings. The first-order valence-corrected chi connectivity index (χ1v) is 31.5. The number of nitrogens with zero attached hydrogens (tertiary/aromatic N) is 10. The Morgan fingerprint density at radius 3 is 1.31 bits per heavy atom. The number of aromatic nitrogens is 10. The maximum absolute atomic E-state index is 13.0. The summed E-state index contributed by atoms with van der Waals surface area (Å²) in [6, 6.07) is 23.1. The number of fused-ring (bicyclic) bond motifs is 5. The molecule has 0 fully saturated rings. The van der Waals surface area contributed by atoms with E-state index in [-0.39, 0.29) is 33.7 Å². The molecule has 4 N–H and O–H groups in total. The van der Waals surface area contributed by atoms with E-state index in [1.54, 1.807) is 49.3 Å². The van der Waals surface area contributed by atoms with Crippen molar-refractivity contribution in [1.82, 2.24) is 53.1 Å². The van der Waals surface area contributed by atoms with E-state index >= 15 is 0 Å². The molecule has 0 saturated heterocycles. The fraction of sp³-hybridized carbons (Fsp3) is 0.328. The summed E-state index contributed by atoms with van der Waals surface area (Å²) >= 11 is 0. The number of aliphatic hydroxyl groups is 1. The van der Waals surface area contributed by atoms with Crippen LogP contribution in [0.15, 0.2) is 123 Å². The molecule has 22 heteroatoms. The number of Topliss-reactive ketones (excluding diaryl/α,β-unsaturated/α-hetero) is 1. The van der Waals surface area contributed by atoms with Crippen molar-refractivity contribution < 1.29 is 43.3 Å². The Kier molecular flexibility index (Phi) is 22.7. The molecule has 0 bridgehead atoms. The number of nitrogens with two attached hydrogens (primary N) is 1. The fourth-order valence-electron chi connectivity index (χ4n) is 10.4. The van der Waals surface area contributed by atoms with E-state index < -0.39 is 23.6 Å². The minimum Gasteiger partial charge on any atom is -0.469 e. The van der Waals surface area contributed by atoms with Gasteiger partial charge in [-0.25, -0.2) is 29.7 Å². The summed E-state index contributed by atoms with van der Waals surface area (Å²) in [5.74, 6) is -2.87. The predicted octanol–water partition coefficient (Wildman–Crippen LogP) is 8.90. The first-order valence-electron chi connectivity index (χ1n) is 29.0. The van der Waals surface area contributed by atoms with Crippen LogP contribution < -0.4 is 11.1 Å². The lowest BCUT2D eigenvalue weighted by molar-refractivity contribution is -0.140. The van der Waals surface area contributed by atoms with Gasteiger partial charge in [0.05, 0.1) is 43.8 Å². The Bertz CT molecular complexity index is 4070. The molecule has 0 atom stereocenters. The fourth-order valence-corrected chi connectivity index (χ4v) is 12.2. The highest BCUT2D eigenvalue weighted by Gasteiger charge is 2.36. The van der Waals surface area contributed by atoms with Crippen molar-refractivity contribution in [2.45, 2.75) is 119 Å². The van der Waals surface area contributed by atoms with Gasteiger partial charge in [-0.15, -0.1) is 0 Å². The maximum Gasteiger partial charge on any atom is 0.379 e. The van der Waals surface area contributed by atoms with Crippen LogP contribution in [-0.4, -0.2) is 118 Å². The first-order chi connectivity index (χ1) is 41.6. The van der Waals surface area contributed by atoms with Crippen molar-refractivity contribution in [2.24, 2.45) is 5.73 Å². The second-order valence-corrected chi connectivity index (χ2v) is 24.2. The Hall–Kier alpha value is -9.41. The second kappa shape index (κ2) is 30.4. The van der Waals surface area contributed by atoms with Gasteiger partial charge in [-0.2, -0.15) is 0 Å². The van der Waals surface area contributed by atoms with Gasteiger partial charge < -0.3 is 43.1 Å². The smallest absolute Gasteiger partial charge is 0.379 e. The zero-order chi connectivity index (χ0) is 62.0. The number of ketones is 1. The molecule has 11 rings (SSSR count). The first kappa shape index (κ1) is 64.2. The summed E-state index contributed by atoms with van der Waals surface area (Å²) in [4.78, 5) is 92.9. The number of carbonyl (C=O) groups is 6. The van der Waals surface area contributed by atoms with Gasteiger partial charge in [0.25, 0.3) is 17.6 Å². The molecule has 1 aliphatic heterocycles. The van der Waals surface area contributed by atoms with Crippen LogP contribution in [0.25, 0.3) is 66.3 Å². The summed E-state index contributed by atoms with van der Waals surface area (Å²) in [6.07, 6.45) is 19.0. The van der Waals surface area contributed by atoms with Crippen LogP contribution in [0.4, 0.5) is 0 Å². The van der Waals surface area contributed by atoms with E-state index in [0.717, 1.165) is 62.7 Å². The van der Waals surface area contributed by atoms with Crippen LogP contribution in [0, 0.1) is 0 Å². The number of ether oxygens (including phenoxy) is 2. The zero-order valence-corrected chi connectivity index (χ0v) is 51.5. The molecule has 3 amide bonds. The van der Waals surface area contributed by atoms with Crippen molar-refractivity contribution in [3.05, 3.63) is 150 Å². The summed E-state index contributed by atoms with van der Waals surface area (Å²) in [5.41, 5.74) is 13.5. The molecule has 21 nitrogen and oxygen atoms in total. The normalized spacial score (nSPS) is 11.9. The molecule has 86 heavy (non-hydrogen) atoms. The maximum atomic E-state index is 13.0. The van der Waals surface area contributed by atoms with Gasteiger partial charge in [0.1, 0.15) is 28.2 Å². The monoisotopic (exact) mass is 1180 g/mol. The van der Waals surface area contributed by atoms with Crippen LogP contribution >= 0.6 is 0 Å². The number of methoxy groups -OCH3 is 2. The lowest BCUT2D eigenvalue weighted by atomic mass is 9.96. The second-order valence-electron chi connectivity index (χ2n) is 20.1. The van der Waals surface area contributed by atoms with E-state index in [0.29, 0.717) is 77.0 Å². The Morgan fingerprint density at radius 2 is 0.907 bits per heavy atom. The topological polar surface area (TPSA) is 268 Å². The molecule has 0 aliphatic carbocycles. The summed E-state index contributed by atoms with van der Waals surface area (Å²) < 4.78 is 18.9. The summed E-state index contributed by atoms with van der Waals surface area (Å²) in [6.45, 7) is 18.7. The largest absolute Gasteiger partial charge is 0.469 e. The number of imide groups is 1. The van der Waals surface area contributed by atoms with Crippen LogP contribution in [0.1, 0.15) is 87.5 Å². The molecule has 1 aliphatic rings. The van der Waals surface area contributed by atoms with Crippen LogP contribution in [0.2, 0.25) is 18.1 Å². The van der Waals surface area contributed by atoms with Gasteiger partial charge >= 0.3 is 11.9 Å². The zero-order valence-electron chi connectivity index (χ0n) is 50.4. The van der Waals surface area contributed by atoms with Crippen molar-refractivity contribution in [3.63, 3.8) is 0 Å². The minimum atomic E-state index is -0.857. The molecule has 0 saturated carbocycles. The molecule has 0 spiro atoms. The predicted molar refractivity (Wildman–Crippen MR) is 337 cm³/mol. The average molecular weight is 1190 g/mol. The molecule has 450 valence electrons. The lowest BCUT2D eigenvalue weighted by Crippen LogP contribution is -2.22. The van der Waals surface area contributed by atoms with Crippen molar-refractivity contribution in [2.75, 3.05) is 20.8 Å². The van der Waals surface area contributed by atoms with E-state index in [9.17, 15) is 33.9 Å². The number of rotatable bonds is 18. The highest BCUT2D eigenvalue weighted by atomic mass is 28.3. The SMILES string of the molecule is CC[SiH](CC)CC.CCn1cc(C(=O)C(=O)OC)c2cccnc21.CCn1cc(C2=C(c3cn(CCCO)c4ncccc34)C(=O)NC2=O)c2cccnc21.CCn1cc(CC(=O)OC)c2cccnc21.CCn1cc(CC(N)=O)c2cccnc21. The number of amides is 3. The molecule has 0 aromatic carbocycles. The lowest BCUT2D eigenvalue weighted by Gasteiger charge is -2.03. The van der Waals surface area contributed by atoms with Crippen molar-refractivity contribution in [1.29, 1.82) is 0 Å². The van der Waals surface area contributed by atoms with Crippen LogP contribution in [-0.2, 0) is 79.0 Å². The third-order valence-electron chi connectivity index (χ3n) is 15.0. The number of hydrogen-bond acceptors (Lipinski definition) is 14. The minimum absolute atomic E-state index is 0.0539. The van der Waals surface area contributed by atoms with E-state index in [2.05, 4.69) is 67.4 Å². The average Bonchev–Trinajstić information content (AvgIpc) is 2.05. The van der Waals surface area contributed by atoms with E-state index in [1.807, 2.05) is 117 Å². The van der Waals surface area contributed by atoms with E-state index in [1.165, 1.54) is 32.4 Å². The van der Waals surface area contributed by atoms with Crippen LogP contribution in [0.3, 0.4) is 0 Å². The standard InChI is InChI=1S/C23H21N5O3.C12H12N2O3.C12H14N2O2.C11H13N3O.C6H16Si/c1-2-27-12-16(14-6-3-8-24-20(14)27)18-19(23(31)26-22(18)30)17-13-28(10-5-11-29)21-15(17)7-4-9-25-21;1-3-14-7-9(10(15)12(16)17-2)8-5-4-6-13-11(8)14;1-3-14-8-9(7-11(15)16-2)10-5-4-6-13-12(10)14;1-2-14-7-8(6-10(12)15)9-4-3-5-13-11(9)14;1-4-7(5-2)6-3/h3-4,6-9,12-13,29H,2,5,10-11H2,1H3,(H,26,30,31);4-7H,3H2,1-2H3;4-6,8H,3,7H2,1-2H3;3-5,7H,2,6H2,1H3,(H2,12,15);7H,4-6H2,1-3H3. The molecule has 0 radical (unpaired) electrons. The van der Waals surface area contributed by atoms with Gasteiger partial charge in [0.15, 0.2) is 0 Å². The summed E-state index contributed by atoms with van der Waals surface area (Å²) in [7, 11) is 2.42. The number of pyridine rings is 5. The van der Waals surface area contributed by atoms with Gasteiger partial charge in [-0.05, 0) is 106 Å². The Morgan fingerprint density at radius 1 is 0.523 bits per heavy atom. The number of aliphatic hydroxyl groups excluding tert-OH is 1. The van der Waals surface area contributed by atoms with Crippen LogP contribution in [0.5, 0.6) is 0 Å². The number of hydrogen-bond donors (Lipinski definition) is 3. The Labute approximate surface area is 500 Å². The number of aryl methyl sites for hydroxylation is 5. The highest BCUT2D eigenvalue weighted by molar-refractivity contribution is 6.58. The highest BCUT2D eigenvalue weighted by Crippen LogP contribution is 2.38. The van der Waals surface area contributed by atoms with Gasteiger partial charge in [-0.1, -0.05) is 38.9 Å². The molecule has 10 aromatic heterocycles. The molecule has 11 heterocycles. The summed E-state index contributed by atoms with van der Waals surface area (Å²) in [5, 5.41) is 16.0. The molecule has 0 unspecified atom stereocenters. The molecular formula is C64H76N12O9Si. The number of nitrogens with one attached hydrogen (secondary N) is 1. The third-order valence-corrected chi connectivity index (χ3v) is 18.5. The third kappa shape index (κ3) is 14.4. The quantitative estimate of drug-likeness (QED) is 0.0238. The van der Waals surface area contributed by atoms with Crippen molar-refractivity contribution >= 4 is 111 Å². The Balaban J connectivity index is 0.000000166. The van der Waals surface area contributed by atoms with E-state index in [4.69, 9.17) is 5.73 Å². The van der Waals surface area contributed by atoms with Gasteiger partial charge in [0, 0.05) is 148 Å². The number of esters is 2. The van der Waals surface area contributed by atoms with Gasteiger partial charge in [0.2, 0.25) is 5.91 Å². The number of carbonyl (C=O) groups excluding carboxylic acids is 6. The number of primary amides is 1. The van der Waals surface area contributed by atoms with Crippen molar-refractivity contribution in [3.8, 4) is 0 Å².